The van der Waals surface area contributed by atoms with Crippen LogP contribution >= 0.6 is 17.2 Å². The van der Waals surface area contributed by atoms with Gasteiger partial charge in [-0.3, -0.25) is 0 Å². The predicted octanol–water partition coefficient (Wildman–Crippen LogP) is 8.10. The smallest absolute Gasteiger partial charge is 0.328 e. The van der Waals surface area contributed by atoms with Crippen molar-refractivity contribution in [3.05, 3.63) is 0 Å². The number of hydrogen-bond acceptors (Lipinski definition) is 6. The highest BCUT2D eigenvalue weighted by Crippen LogP contribution is 2.40. The summed E-state index contributed by atoms with van der Waals surface area (Å²) < 4.78 is 17.9. The molecule has 0 aromatic heterocycles. The lowest BCUT2D eigenvalue weighted by Crippen LogP contribution is -2.01. The minimum absolute atomic E-state index is 0.768. The van der Waals surface area contributed by atoms with Gasteiger partial charge in [0.1, 0.15) is 0 Å². The van der Waals surface area contributed by atoms with Crippen molar-refractivity contribution in [1.82, 2.24) is 0 Å². The van der Waals surface area contributed by atoms with Gasteiger partial charge in [-0.15, -0.1) is 0 Å². The number of rotatable bonds is 21. The third kappa shape index (κ3) is 35.2. The van der Waals surface area contributed by atoms with E-state index in [9.17, 15) is 0 Å². The van der Waals surface area contributed by atoms with E-state index in [0.29, 0.717) is 0 Å². The maximum absolute atomic E-state index is 7.23. The molecule has 0 atom stereocenters. The molecule has 0 bridgehead atoms. The van der Waals surface area contributed by atoms with Gasteiger partial charge in [0.2, 0.25) is 0 Å². The van der Waals surface area contributed by atoms with Crippen LogP contribution in [0.3, 0.4) is 0 Å². The van der Waals surface area contributed by atoms with Gasteiger partial charge in [0.15, 0.2) is 0 Å². The van der Waals surface area contributed by atoms with Crippen LogP contribution in [0, 0.1) is 17.8 Å². The van der Waals surface area contributed by atoms with Crippen molar-refractivity contribution in [1.29, 1.82) is 0 Å². The van der Waals surface area contributed by atoms with Crippen LogP contribution in [0.1, 0.15) is 119 Å². The molecule has 32 heavy (non-hydrogen) atoms. The fraction of sp³-hybridized carbons (Fsp3) is 1.00. The molecule has 0 aliphatic carbocycles. The molecular formula is C24H54O6P2. The van der Waals surface area contributed by atoms with Crippen molar-refractivity contribution >= 4 is 17.2 Å². The first-order valence-corrected chi connectivity index (χ1v) is 15.0. The standard InChI is InChI=1S/C24H51O3P.H3O3P/c1-22(2)16-10-7-13-19-25-28(26-20-14-8-11-17-23(3)4)27-21-15-9-12-18-24(5)6;1-4(2)3/h22-24H,7-21H2,1-6H3;1-3H. The zero-order chi connectivity index (χ0) is 24.6. The third-order valence-corrected chi connectivity index (χ3v) is 6.05. The molecule has 0 fully saturated rings. The van der Waals surface area contributed by atoms with Crippen LogP contribution < -0.4 is 0 Å². The van der Waals surface area contributed by atoms with Crippen LogP contribution in [-0.4, -0.2) is 34.5 Å². The van der Waals surface area contributed by atoms with Gasteiger partial charge >= 0.3 is 17.2 Å². The van der Waals surface area contributed by atoms with Gasteiger partial charge in [-0.25, -0.2) is 0 Å². The summed E-state index contributed by atoms with van der Waals surface area (Å²) in [6, 6.07) is 0. The Hall–Kier alpha value is 0.620. The topological polar surface area (TPSA) is 88.4 Å². The Balaban J connectivity index is 0. The van der Waals surface area contributed by atoms with E-state index in [1.165, 1.54) is 57.8 Å². The largest absolute Gasteiger partial charge is 0.332 e. The van der Waals surface area contributed by atoms with Crippen molar-refractivity contribution in [2.75, 3.05) is 19.8 Å². The highest BCUT2D eigenvalue weighted by molar-refractivity contribution is 7.41. The van der Waals surface area contributed by atoms with Gasteiger partial charge in [0, 0.05) is 0 Å². The van der Waals surface area contributed by atoms with Gasteiger partial charge in [-0.1, -0.05) is 99.3 Å². The minimum Gasteiger partial charge on any atom is -0.328 e. The normalized spacial score (nSPS) is 11.8. The lowest BCUT2D eigenvalue weighted by atomic mass is 10.1. The van der Waals surface area contributed by atoms with E-state index >= 15 is 0 Å². The van der Waals surface area contributed by atoms with Crippen molar-refractivity contribution in [2.45, 2.75) is 119 Å². The first kappa shape index (κ1) is 34.8. The van der Waals surface area contributed by atoms with E-state index < -0.39 is 17.2 Å². The molecular weight excluding hydrogens is 446 g/mol. The average Bonchev–Trinajstić information content (AvgIpc) is 2.67. The highest BCUT2D eigenvalue weighted by Gasteiger charge is 2.12. The molecule has 0 aromatic rings. The molecule has 0 aliphatic heterocycles. The molecule has 0 spiro atoms. The Labute approximate surface area is 201 Å². The monoisotopic (exact) mass is 500 g/mol. The van der Waals surface area contributed by atoms with E-state index in [1.807, 2.05) is 0 Å². The zero-order valence-electron chi connectivity index (χ0n) is 21.8. The Morgan fingerprint density at radius 2 is 0.719 bits per heavy atom. The summed E-state index contributed by atoms with van der Waals surface area (Å²) in [6.07, 6.45) is 14.9. The molecule has 0 heterocycles. The molecule has 0 aliphatic rings. The van der Waals surface area contributed by atoms with Crippen molar-refractivity contribution in [2.24, 2.45) is 17.8 Å². The van der Waals surface area contributed by atoms with Gasteiger partial charge in [0.05, 0.1) is 19.8 Å². The fourth-order valence-corrected chi connectivity index (χ4v) is 4.08. The second-order valence-corrected chi connectivity index (χ2v) is 11.5. The highest BCUT2D eigenvalue weighted by atomic mass is 31.2. The molecule has 0 unspecified atom stereocenters. The molecule has 6 nitrogen and oxygen atoms in total. The van der Waals surface area contributed by atoms with Crippen molar-refractivity contribution < 1.29 is 28.3 Å². The predicted molar refractivity (Wildman–Crippen MR) is 138 cm³/mol. The number of unbranched alkanes of at least 4 members (excludes halogenated alkanes) is 6. The molecule has 0 radical (unpaired) electrons. The van der Waals surface area contributed by atoms with Gasteiger partial charge in [-0.2, -0.15) is 0 Å². The summed E-state index contributed by atoms with van der Waals surface area (Å²) >= 11 is 0. The lowest BCUT2D eigenvalue weighted by molar-refractivity contribution is 0.153. The molecule has 0 aromatic carbocycles. The summed E-state index contributed by atoms with van der Waals surface area (Å²) in [6.45, 7) is 16.1. The molecule has 0 rings (SSSR count). The van der Waals surface area contributed by atoms with E-state index in [2.05, 4.69) is 41.5 Å². The summed E-state index contributed by atoms with van der Waals surface area (Å²) in [7, 11) is -3.78. The van der Waals surface area contributed by atoms with E-state index in [4.69, 9.17) is 28.3 Å². The Morgan fingerprint density at radius 3 is 0.938 bits per heavy atom. The van der Waals surface area contributed by atoms with Crippen LogP contribution in [0.15, 0.2) is 0 Å². The van der Waals surface area contributed by atoms with Crippen LogP contribution in [0.2, 0.25) is 0 Å². The Kier molecular flexibility index (Phi) is 28.5. The molecule has 8 heteroatoms. The zero-order valence-corrected chi connectivity index (χ0v) is 23.6. The second kappa shape index (κ2) is 26.2. The Bertz CT molecular complexity index is 307. The van der Waals surface area contributed by atoms with Crippen LogP contribution in [0.5, 0.6) is 0 Å². The lowest BCUT2D eigenvalue weighted by Gasteiger charge is -2.17. The average molecular weight is 501 g/mol. The van der Waals surface area contributed by atoms with Gasteiger partial charge in [-0.05, 0) is 37.0 Å². The maximum atomic E-state index is 7.23. The van der Waals surface area contributed by atoms with E-state index in [0.717, 1.165) is 56.8 Å². The second-order valence-electron chi connectivity index (χ2n) is 9.72. The minimum atomic E-state index is -2.62. The summed E-state index contributed by atoms with van der Waals surface area (Å²) in [5.74, 6) is 2.41. The number of hydrogen-bond donors (Lipinski definition) is 3. The van der Waals surface area contributed by atoms with Crippen LogP contribution in [-0.2, 0) is 13.6 Å². The Morgan fingerprint density at radius 1 is 0.469 bits per heavy atom. The molecule has 196 valence electrons. The third-order valence-electron chi connectivity index (χ3n) is 4.87. The van der Waals surface area contributed by atoms with Crippen molar-refractivity contribution in [3.63, 3.8) is 0 Å². The first-order valence-electron chi connectivity index (χ1n) is 12.7. The molecule has 3 N–H and O–H groups in total. The van der Waals surface area contributed by atoms with Crippen LogP contribution in [0.4, 0.5) is 0 Å². The summed E-state index contributed by atoms with van der Waals surface area (Å²) in [5.41, 5.74) is 0. The van der Waals surface area contributed by atoms with Crippen LogP contribution in [0.25, 0.3) is 0 Å². The first-order chi connectivity index (χ1) is 15.1. The van der Waals surface area contributed by atoms with Crippen molar-refractivity contribution in [3.8, 4) is 0 Å². The fourth-order valence-electron chi connectivity index (χ4n) is 3.02. The SMILES string of the molecule is CC(C)CCCCCOP(OCCCCCC(C)C)OCCCCCC(C)C.OP(O)O. The molecule has 0 amide bonds. The quantitative estimate of drug-likeness (QED) is 0.109. The van der Waals surface area contributed by atoms with E-state index in [1.54, 1.807) is 0 Å². The summed E-state index contributed by atoms with van der Waals surface area (Å²) in [5, 5.41) is 0. The van der Waals surface area contributed by atoms with Gasteiger partial charge in [0.25, 0.3) is 0 Å². The maximum Gasteiger partial charge on any atom is 0.332 e. The molecule has 0 saturated carbocycles. The molecule has 0 saturated heterocycles. The van der Waals surface area contributed by atoms with Gasteiger partial charge < -0.3 is 28.3 Å². The van der Waals surface area contributed by atoms with E-state index in [-0.39, 0.29) is 0 Å². The summed E-state index contributed by atoms with van der Waals surface area (Å²) in [4.78, 5) is 21.7.